The van der Waals surface area contributed by atoms with Crippen LogP contribution in [-0.2, 0) is 4.74 Å². The SMILES string of the molecule is CCC(CCC(C)C)OC(=O)c1cc(Br)c(Br)cc1C(=O)O. The van der Waals surface area contributed by atoms with E-state index in [1.54, 1.807) is 0 Å². The first-order chi connectivity index (χ1) is 10.3. The number of ether oxygens (including phenoxy) is 1. The number of hydrogen-bond acceptors (Lipinski definition) is 3. The normalized spacial score (nSPS) is 12.3. The van der Waals surface area contributed by atoms with Crippen molar-refractivity contribution in [1.82, 2.24) is 0 Å². The average molecular weight is 436 g/mol. The summed E-state index contributed by atoms with van der Waals surface area (Å²) in [5.74, 6) is -1.22. The summed E-state index contributed by atoms with van der Waals surface area (Å²) < 4.78 is 6.67. The molecule has 122 valence electrons. The Morgan fingerprint density at radius 2 is 1.68 bits per heavy atom. The summed E-state index contributed by atoms with van der Waals surface area (Å²) >= 11 is 6.52. The molecular weight excluding hydrogens is 416 g/mol. The summed E-state index contributed by atoms with van der Waals surface area (Å²) in [4.78, 5) is 23.6. The molecule has 0 spiro atoms. The first-order valence-electron chi connectivity index (χ1n) is 7.19. The van der Waals surface area contributed by atoms with Crippen molar-refractivity contribution >= 4 is 43.8 Å². The van der Waals surface area contributed by atoms with Crippen molar-refractivity contribution in [2.24, 2.45) is 5.92 Å². The Balaban J connectivity index is 2.96. The molecule has 0 radical (unpaired) electrons. The van der Waals surface area contributed by atoms with Crippen LogP contribution in [-0.4, -0.2) is 23.1 Å². The zero-order valence-corrected chi connectivity index (χ0v) is 16.0. The van der Waals surface area contributed by atoms with Gasteiger partial charge in [0.1, 0.15) is 6.10 Å². The number of carboxylic acids is 1. The van der Waals surface area contributed by atoms with Gasteiger partial charge < -0.3 is 9.84 Å². The number of aromatic carboxylic acids is 1. The molecule has 6 heteroatoms. The van der Waals surface area contributed by atoms with Crippen LogP contribution < -0.4 is 0 Å². The van der Waals surface area contributed by atoms with E-state index in [-0.39, 0.29) is 17.2 Å². The second-order valence-electron chi connectivity index (χ2n) is 5.52. The summed E-state index contributed by atoms with van der Waals surface area (Å²) in [7, 11) is 0. The number of carbonyl (C=O) groups excluding carboxylic acids is 1. The topological polar surface area (TPSA) is 63.6 Å². The second kappa shape index (κ2) is 8.67. The molecule has 1 aromatic carbocycles. The van der Waals surface area contributed by atoms with Crippen LogP contribution in [0.25, 0.3) is 0 Å². The Morgan fingerprint density at radius 1 is 1.14 bits per heavy atom. The standard InChI is InChI=1S/C16H20Br2O4/c1-4-10(6-5-9(2)3)22-16(21)12-8-14(18)13(17)7-11(12)15(19)20/h7-10H,4-6H2,1-3H3,(H,19,20). The van der Waals surface area contributed by atoms with Gasteiger partial charge >= 0.3 is 11.9 Å². The largest absolute Gasteiger partial charge is 0.478 e. The summed E-state index contributed by atoms with van der Waals surface area (Å²) in [5.41, 5.74) is -0.00985. The fourth-order valence-electron chi connectivity index (χ4n) is 1.97. The van der Waals surface area contributed by atoms with Crippen LogP contribution >= 0.6 is 31.9 Å². The van der Waals surface area contributed by atoms with Crippen LogP contribution in [0.15, 0.2) is 21.1 Å². The Morgan fingerprint density at radius 3 is 2.14 bits per heavy atom. The Labute approximate surface area is 147 Å². The number of esters is 1. The molecule has 22 heavy (non-hydrogen) atoms. The van der Waals surface area contributed by atoms with Crippen LogP contribution in [0.1, 0.15) is 60.7 Å². The number of hydrogen-bond donors (Lipinski definition) is 1. The maximum atomic E-state index is 12.3. The third-order valence-electron chi connectivity index (χ3n) is 3.31. The van der Waals surface area contributed by atoms with E-state index in [1.807, 2.05) is 6.92 Å². The van der Waals surface area contributed by atoms with Gasteiger partial charge in [-0.05, 0) is 69.2 Å². The van der Waals surface area contributed by atoms with Crippen molar-refractivity contribution in [3.8, 4) is 0 Å². The molecule has 1 aromatic rings. The number of rotatable bonds is 7. The van der Waals surface area contributed by atoms with Crippen LogP contribution in [0.5, 0.6) is 0 Å². The minimum atomic E-state index is -1.16. The third kappa shape index (κ3) is 5.39. The third-order valence-corrected chi connectivity index (χ3v) is 5.15. The van der Waals surface area contributed by atoms with Crippen molar-refractivity contribution in [1.29, 1.82) is 0 Å². The minimum absolute atomic E-state index is 0.0607. The monoisotopic (exact) mass is 434 g/mol. The van der Waals surface area contributed by atoms with Gasteiger partial charge in [-0.25, -0.2) is 9.59 Å². The summed E-state index contributed by atoms with van der Waals surface area (Å²) in [6.07, 6.45) is 2.25. The van der Waals surface area contributed by atoms with E-state index in [0.717, 1.165) is 12.8 Å². The molecule has 1 unspecified atom stereocenters. The predicted octanol–water partition coefficient (Wildman–Crippen LogP) is 5.28. The maximum absolute atomic E-state index is 12.3. The molecule has 1 rings (SSSR count). The zero-order valence-electron chi connectivity index (χ0n) is 12.9. The molecule has 0 fully saturated rings. The van der Waals surface area contributed by atoms with Crippen molar-refractivity contribution in [3.63, 3.8) is 0 Å². The molecule has 0 aromatic heterocycles. The minimum Gasteiger partial charge on any atom is -0.478 e. The van der Waals surface area contributed by atoms with Crippen molar-refractivity contribution in [2.75, 3.05) is 0 Å². The lowest BCUT2D eigenvalue weighted by Gasteiger charge is -2.18. The Bertz CT molecular complexity index is 555. The van der Waals surface area contributed by atoms with Gasteiger partial charge in [0.2, 0.25) is 0 Å². The fourth-order valence-corrected chi connectivity index (χ4v) is 2.66. The van der Waals surface area contributed by atoms with Gasteiger partial charge in [-0.3, -0.25) is 0 Å². The van der Waals surface area contributed by atoms with E-state index in [2.05, 4.69) is 45.7 Å². The molecule has 0 amide bonds. The molecule has 0 saturated heterocycles. The fraction of sp³-hybridized carbons (Fsp3) is 0.500. The molecular formula is C16H20Br2O4. The maximum Gasteiger partial charge on any atom is 0.339 e. The predicted molar refractivity (Wildman–Crippen MR) is 92.4 cm³/mol. The average Bonchev–Trinajstić information content (AvgIpc) is 2.45. The molecule has 0 saturated carbocycles. The van der Waals surface area contributed by atoms with Gasteiger partial charge in [0.15, 0.2) is 0 Å². The molecule has 0 aliphatic carbocycles. The van der Waals surface area contributed by atoms with Crippen LogP contribution in [0, 0.1) is 5.92 Å². The summed E-state index contributed by atoms with van der Waals surface area (Å²) in [6, 6.07) is 2.88. The highest BCUT2D eigenvalue weighted by molar-refractivity contribution is 9.13. The van der Waals surface area contributed by atoms with E-state index in [4.69, 9.17) is 4.74 Å². The highest BCUT2D eigenvalue weighted by Crippen LogP contribution is 2.28. The number of carbonyl (C=O) groups is 2. The second-order valence-corrected chi connectivity index (χ2v) is 7.23. The highest BCUT2D eigenvalue weighted by atomic mass is 79.9. The lowest BCUT2D eigenvalue weighted by Crippen LogP contribution is -2.20. The van der Waals surface area contributed by atoms with Crippen molar-refractivity contribution in [3.05, 3.63) is 32.2 Å². The van der Waals surface area contributed by atoms with Crippen LogP contribution in [0.4, 0.5) is 0 Å². The van der Waals surface area contributed by atoms with Crippen molar-refractivity contribution in [2.45, 2.75) is 46.1 Å². The van der Waals surface area contributed by atoms with E-state index < -0.39 is 11.9 Å². The Kier molecular flexibility index (Phi) is 7.56. The van der Waals surface area contributed by atoms with E-state index in [1.165, 1.54) is 12.1 Å². The number of carboxylic acid groups (broad SMARTS) is 1. The first-order valence-corrected chi connectivity index (χ1v) is 8.78. The highest BCUT2D eigenvalue weighted by Gasteiger charge is 2.22. The molecule has 4 nitrogen and oxygen atoms in total. The van der Waals surface area contributed by atoms with Gasteiger partial charge in [-0.2, -0.15) is 0 Å². The Hall–Kier alpha value is -0.880. The lowest BCUT2D eigenvalue weighted by molar-refractivity contribution is 0.0255. The van der Waals surface area contributed by atoms with Gasteiger partial charge in [-0.15, -0.1) is 0 Å². The quantitative estimate of drug-likeness (QED) is 0.591. The molecule has 0 bridgehead atoms. The number of halogens is 2. The van der Waals surface area contributed by atoms with E-state index >= 15 is 0 Å². The van der Waals surface area contributed by atoms with E-state index in [0.29, 0.717) is 21.3 Å². The molecule has 0 heterocycles. The molecule has 0 aliphatic rings. The van der Waals surface area contributed by atoms with Gasteiger partial charge in [0, 0.05) is 8.95 Å². The van der Waals surface area contributed by atoms with Gasteiger partial charge in [0.05, 0.1) is 11.1 Å². The smallest absolute Gasteiger partial charge is 0.339 e. The molecule has 1 N–H and O–H groups in total. The van der Waals surface area contributed by atoms with Crippen LogP contribution in [0.3, 0.4) is 0 Å². The zero-order chi connectivity index (χ0) is 16.9. The summed E-state index contributed by atoms with van der Waals surface area (Å²) in [6.45, 7) is 6.18. The molecule has 1 atom stereocenters. The summed E-state index contributed by atoms with van der Waals surface area (Å²) in [5, 5.41) is 9.25. The van der Waals surface area contributed by atoms with Gasteiger partial charge in [-0.1, -0.05) is 20.8 Å². The lowest BCUT2D eigenvalue weighted by atomic mass is 10.0. The first kappa shape index (κ1) is 19.2. The number of benzene rings is 1. The molecule has 0 aliphatic heterocycles. The van der Waals surface area contributed by atoms with E-state index in [9.17, 15) is 14.7 Å². The van der Waals surface area contributed by atoms with Crippen LogP contribution in [0.2, 0.25) is 0 Å². The van der Waals surface area contributed by atoms with Crippen molar-refractivity contribution < 1.29 is 19.4 Å². The van der Waals surface area contributed by atoms with Gasteiger partial charge in [0.25, 0.3) is 0 Å².